The normalized spacial score (nSPS) is 12.5. The molecule has 0 fully saturated rings. The van der Waals surface area contributed by atoms with Crippen LogP contribution in [0.4, 0.5) is 5.69 Å². The third-order valence-corrected chi connectivity index (χ3v) is 2.38. The van der Waals surface area contributed by atoms with Crippen LogP contribution < -0.4 is 5.32 Å². The average Bonchev–Trinajstić information content (AvgIpc) is 2.18. The maximum atomic E-state index is 5.31. The summed E-state index contributed by atoms with van der Waals surface area (Å²) in [6, 6.07) is 2.24. The van der Waals surface area contributed by atoms with Crippen molar-refractivity contribution in [2.45, 2.75) is 19.9 Å². The van der Waals surface area contributed by atoms with Crippen LogP contribution in [0.25, 0.3) is 0 Å². The Labute approximate surface area is 93.0 Å². The lowest BCUT2D eigenvalue weighted by atomic mass is 10.3. The molecular weight excluding hydrogens is 244 g/mol. The van der Waals surface area contributed by atoms with E-state index in [2.05, 4.69) is 33.2 Å². The fourth-order valence-corrected chi connectivity index (χ4v) is 1.46. The molecule has 1 atom stereocenters. The monoisotopic (exact) mass is 258 g/mol. The van der Waals surface area contributed by atoms with Crippen LogP contribution >= 0.6 is 15.9 Å². The SMILES string of the molecule is CCOCC(C)Nc1ccncc1Br. The van der Waals surface area contributed by atoms with Gasteiger partial charge < -0.3 is 10.1 Å². The van der Waals surface area contributed by atoms with Crippen molar-refractivity contribution in [1.82, 2.24) is 4.98 Å². The first-order chi connectivity index (χ1) is 6.74. The first kappa shape index (κ1) is 11.5. The molecule has 0 aromatic carbocycles. The van der Waals surface area contributed by atoms with Crippen molar-refractivity contribution in [1.29, 1.82) is 0 Å². The highest BCUT2D eigenvalue weighted by atomic mass is 79.9. The Hall–Kier alpha value is -0.610. The summed E-state index contributed by atoms with van der Waals surface area (Å²) in [4.78, 5) is 4.00. The number of nitrogens with zero attached hydrogens (tertiary/aromatic N) is 1. The van der Waals surface area contributed by atoms with E-state index in [1.807, 2.05) is 13.0 Å². The molecule has 0 saturated heterocycles. The Balaban J connectivity index is 2.47. The van der Waals surface area contributed by atoms with Crippen molar-refractivity contribution in [2.75, 3.05) is 18.5 Å². The van der Waals surface area contributed by atoms with Gasteiger partial charge in [-0.25, -0.2) is 0 Å². The summed E-state index contributed by atoms with van der Waals surface area (Å²) in [7, 11) is 0. The summed E-state index contributed by atoms with van der Waals surface area (Å²) >= 11 is 3.43. The van der Waals surface area contributed by atoms with Crippen LogP contribution in [0.15, 0.2) is 22.9 Å². The summed E-state index contributed by atoms with van der Waals surface area (Å²) < 4.78 is 6.29. The van der Waals surface area contributed by atoms with Crippen LogP contribution in [-0.2, 0) is 4.74 Å². The zero-order valence-electron chi connectivity index (χ0n) is 8.46. The van der Waals surface area contributed by atoms with Crippen LogP contribution in [0.3, 0.4) is 0 Å². The molecule has 1 rings (SSSR count). The van der Waals surface area contributed by atoms with Crippen molar-refractivity contribution in [3.8, 4) is 0 Å². The van der Waals surface area contributed by atoms with E-state index in [0.29, 0.717) is 12.6 Å². The largest absolute Gasteiger partial charge is 0.380 e. The molecule has 0 radical (unpaired) electrons. The Morgan fingerprint density at radius 1 is 1.64 bits per heavy atom. The second-order valence-corrected chi connectivity index (χ2v) is 3.91. The van der Waals surface area contributed by atoms with Gasteiger partial charge in [-0.1, -0.05) is 0 Å². The Morgan fingerprint density at radius 2 is 2.43 bits per heavy atom. The quantitative estimate of drug-likeness (QED) is 0.882. The Bertz CT molecular complexity index is 281. The number of ether oxygens (including phenoxy) is 1. The van der Waals surface area contributed by atoms with E-state index in [1.165, 1.54) is 0 Å². The first-order valence-electron chi connectivity index (χ1n) is 4.67. The molecule has 14 heavy (non-hydrogen) atoms. The van der Waals surface area contributed by atoms with Gasteiger partial charge in [-0.3, -0.25) is 4.98 Å². The molecule has 1 N–H and O–H groups in total. The molecule has 0 amide bonds. The number of hydrogen-bond acceptors (Lipinski definition) is 3. The smallest absolute Gasteiger partial charge is 0.0664 e. The number of aromatic nitrogens is 1. The Morgan fingerprint density at radius 3 is 3.07 bits per heavy atom. The minimum absolute atomic E-state index is 0.300. The topological polar surface area (TPSA) is 34.1 Å². The highest BCUT2D eigenvalue weighted by Gasteiger charge is 2.03. The molecule has 1 heterocycles. The van der Waals surface area contributed by atoms with Gasteiger partial charge in [0.15, 0.2) is 0 Å². The first-order valence-corrected chi connectivity index (χ1v) is 5.47. The second-order valence-electron chi connectivity index (χ2n) is 3.06. The zero-order valence-corrected chi connectivity index (χ0v) is 10.0. The van der Waals surface area contributed by atoms with Crippen LogP contribution in [0.2, 0.25) is 0 Å². The summed E-state index contributed by atoms with van der Waals surface area (Å²) in [5.74, 6) is 0. The van der Waals surface area contributed by atoms with Gasteiger partial charge in [-0.05, 0) is 35.8 Å². The third-order valence-electron chi connectivity index (χ3n) is 1.75. The van der Waals surface area contributed by atoms with E-state index in [9.17, 15) is 0 Å². The summed E-state index contributed by atoms with van der Waals surface area (Å²) in [5, 5.41) is 3.33. The predicted octanol–water partition coefficient (Wildman–Crippen LogP) is 2.68. The van der Waals surface area contributed by atoms with Crippen LogP contribution in [0.5, 0.6) is 0 Å². The van der Waals surface area contributed by atoms with Gasteiger partial charge in [-0.2, -0.15) is 0 Å². The van der Waals surface area contributed by atoms with E-state index in [1.54, 1.807) is 12.4 Å². The van der Waals surface area contributed by atoms with Crippen LogP contribution in [0, 0.1) is 0 Å². The Kier molecular flexibility index (Phi) is 4.90. The van der Waals surface area contributed by atoms with Crippen molar-refractivity contribution in [3.63, 3.8) is 0 Å². The van der Waals surface area contributed by atoms with Gasteiger partial charge in [0.05, 0.1) is 16.8 Å². The van der Waals surface area contributed by atoms with Crippen molar-refractivity contribution < 1.29 is 4.74 Å². The van der Waals surface area contributed by atoms with Crippen molar-refractivity contribution in [2.24, 2.45) is 0 Å². The van der Waals surface area contributed by atoms with Crippen molar-refractivity contribution >= 4 is 21.6 Å². The molecule has 0 bridgehead atoms. The number of anilines is 1. The molecule has 1 aromatic heterocycles. The lowest BCUT2D eigenvalue weighted by Crippen LogP contribution is -2.21. The van der Waals surface area contributed by atoms with E-state index in [0.717, 1.165) is 16.8 Å². The van der Waals surface area contributed by atoms with E-state index >= 15 is 0 Å². The average molecular weight is 259 g/mol. The van der Waals surface area contributed by atoms with E-state index in [-0.39, 0.29) is 0 Å². The van der Waals surface area contributed by atoms with Crippen LogP contribution in [0.1, 0.15) is 13.8 Å². The van der Waals surface area contributed by atoms with Gasteiger partial charge in [-0.15, -0.1) is 0 Å². The number of halogens is 1. The molecule has 78 valence electrons. The lowest BCUT2D eigenvalue weighted by molar-refractivity contribution is 0.141. The number of rotatable bonds is 5. The number of pyridine rings is 1. The van der Waals surface area contributed by atoms with Crippen LogP contribution in [-0.4, -0.2) is 24.2 Å². The summed E-state index contributed by atoms with van der Waals surface area (Å²) in [6.45, 7) is 5.55. The zero-order chi connectivity index (χ0) is 10.4. The summed E-state index contributed by atoms with van der Waals surface area (Å²) in [5.41, 5.74) is 1.05. The van der Waals surface area contributed by atoms with E-state index < -0.39 is 0 Å². The minimum Gasteiger partial charge on any atom is -0.380 e. The maximum absolute atomic E-state index is 5.31. The molecule has 0 aliphatic rings. The van der Waals surface area contributed by atoms with Crippen molar-refractivity contribution in [3.05, 3.63) is 22.9 Å². The van der Waals surface area contributed by atoms with Gasteiger partial charge in [0.25, 0.3) is 0 Å². The molecule has 0 spiro atoms. The van der Waals surface area contributed by atoms with Gasteiger partial charge in [0, 0.05) is 25.0 Å². The third kappa shape index (κ3) is 3.64. The maximum Gasteiger partial charge on any atom is 0.0664 e. The number of hydrogen-bond donors (Lipinski definition) is 1. The molecule has 0 aliphatic heterocycles. The molecule has 3 nitrogen and oxygen atoms in total. The molecular formula is C10H15BrN2O. The summed E-state index contributed by atoms with van der Waals surface area (Å²) in [6.07, 6.45) is 3.54. The fraction of sp³-hybridized carbons (Fsp3) is 0.500. The minimum atomic E-state index is 0.300. The predicted molar refractivity (Wildman–Crippen MR) is 61.5 cm³/mol. The second kappa shape index (κ2) is 5.98. The highest BCUT2D eigenvalue weighted by molar-refractivity contribution is 9.10. The van der Waals surface area contributed by atoms with Gasteiger partial charge in [0.2, 0.25) is 0 Å². The molecule has 4 heteroatoms. The van der Waals surface area contributed by atoms with Gasteiger partial charge in [0.1, 0.15) is 0 Å². The standard InChI is InChI=1S/C10H15BrN2O/c1-3-14-7-8(2)13-10-4-5-12-6-9(10)11/h4-6,8H,3,7H2,1-2H3,(H,12,13). The molecule has 0 saturated carbocycles. The lowest BCUT2D eigenvalue weighted by Gasteiger charge is -2.15. The molecule has 0 aliphatic carbocycles. The molecule has 1 aromatic rings. The van der Waals surface area contributed by atoms with Gasteiger partial charge >= 0.3 is 0 Å². The fourth-order valence-electron chi connectivity index (χ4n) is 1.09. The molecule has 1 unspecified atom stereocenters. The van der Waals surface area contributed by atoms with E-state index in [4.69, 9.17) is 4.74 Å². The number of nitrogens with one attached hydrogen (secondary N) is 1. The highest BCUT2D eigenvalue weighted by Crippen LogP contribution is 2.20.